The number of rotatable bonds is 4. The molecule has 0 fully saturated rings. The van der Waals surface area contributed by atoms with E-state index in [-0.39, 0.29) is 45.1 Å². The first-order valence-corrected chi connectivity index (χ1v) is 9.08. The Kier molecular flexibility index (Phi) is 12.8. The van der Waals surface area contributed by atoms with Crippen LogP contribution in [0.1, 0.15) is 17.9 Å². The van der Waals surface area contributed by atoms with Crippen molar-refractivity contribution in [3.8, 4) is 0 Å². The van der Waals surface area contributed by atoms with Crippen LogP contribution in [-0.2, 0) is 17.4 Å². The first-order chi connectivity index (χ1) is 8.18. The summed E-state index contributed by atoms with van der Waals surface area (Å²) in [5.74, 6) is 0.592. The fraction of sp³-hybridized carbons (Fsp3) is 0.333. The van der Waals surface area contributed by atoms with Crippen LogP contribution < -0.4 is 0 Å². The van der Waals surface area contributed by atoms with Crippen molar-refractivity contribution in [1.82, 2.24) is 0 Å². The predicted octanol–water partition coefficient (Wildman–Crippen LogP) is 5.54. The van der Waals surface area contributed by atoms with Gasteiger partial charge in [-0.25, -0.2) is 0 Å². The molecule has 0 saturated carbocycles. The van der Waals surface area contributed by atoms with Gasteiger partial charge in [0, 0.05) is 0 Å². The minimum atomic E-state index is 0. The molecule has 0 N–H and O–H groups in total. The number of hydrogen-bond donors (Lipinski definition) is 0. The van der Waals surface area contributed by atoms with Crippen LogP contribution in [-0.4, -0.2) is 19.5 Å². The van der Waals surface area contributed by atoms with Crippen molar-refractivity contribution in [1.29, 1.82) is 0 Å². The molecule has 0 aliphatic heterocycles. The van der Waals surface area contributed by atoms with Crippen molar-refractivity contribution in [2.75, 3.05) is 19.5 Å². The number of halogens is 3. The molecule has 0 amide bonds. The SMILES string of the molecule is CP(C)CC(C1=[C]([V])CC=C1)c1ccccc1.Cl.Cl.Cl. The van der Waals surface area contributed by atoms with Gasteiger partial charge in [-0.1, -0.05) is 0 Å². The van der Waals surface area contributed by atoms with Gasteiger partial charge in [-0.3, -0.25) is 0 Å². The Labute approximate surface area is 151 Å². The summed E-state index contributed by atoms with van der Waals surface area (Å²) in [6.45, 7) is 4.74. The van der Waals surface area contributed by atoms with Gasteiger partial charge in [0.2, 0.25) is 0 Å². The van der Waals surface area contributed by atoms with E-state index in [4.69, 9.17) is 0 Å². The third-order valence-electron chi connectivity index (χ3n) is 3.07. The van der Waals surface area contributed by atoms with Crippen molar-refractivity contribution in [2.45, 2.75) is 12.3 Å². The van der Waals surface area contributed by atoms with E-state index >= 15 is 0 Å². The van der Waals surface area contributed by atoms with Crippen LogP contribution in [0, 0.1) is 0 Å². The molecule has 0 spiro atoms. The van der Waals surface area contributed by atoms with E-state index in [9.17, 15) is 0 Å². The Balaban J connectivity index is 0. The fourth-order valence-corrected chi connectivity index (χ4v) is 3.92. The Hall–Kier alpha value is 0.584. The van der Waals surface area contributed by atoms with E-state index in [1.807, 2.05) is 0 Å². The van der Waals surface area contributed by atoms with Crippen molar-refractivity contribution in [3.63, 3.8) is 0 Å². The van der Waals surface area contributed by atoms with Gasteiger partial charge in [-0.05, 0) is 0 Å². The second-order valence-electron chi connectivity index (χ2n) is 4.73. The van der Waals surface area contributed by atoms with Crippen LogP contribution in [0.5, 0.6) is 0 Å². The molecule has 112 valence electrons. The molecule has 0 nitrogen and oxygen atoms in total. The topological polar surface area (TPSA) is 0 Å². The zero-order valence-electron chi connectivity index (χ0n) is 11.7. The summed E-state index contributed by atoms with van der Waals surface area (Å²) < 4.78 is 1.49. The number of benzene rings is 1. The first-order valence-electron chi connectivity index (χ1n) is 5.96. The zero-order chi connectivity index (χ0) is 12.3. The summed E-state index contributed by atoms with van der Waals surface area (Å²) in [7, 11) is 0.126. The van der Waals surface area contributed by atoms with E-state index < -0.39 is 0 Å². The first kappa shape index (κ1) is 22.9. The average Bonchev–Trinajstić information content (AvgIpc) is 2.73. The maximum absolute atomic E-state index is 2.76. The Bertz CT molecular complexity index is 444. The van der Waals surface area contributed by atoms with E-state index in [1.165, 1.54) is 21.6 Å². The second kappa shape index (κ2) is 11.2. The second-order valence-corrected chi connectivity index (χ2v) is 8.10. The van der Waals surface area contributed by atoms with Gasteiger partial charge in [0.05, 0.1) is 0 Å². The van der Waals surface area contributed by atoms with E-state index in [0.717, 1.165) is 6.42 Å². The molecule has 1 aromatic rings. The maximum atomic E-state index is 2.76. The molecule has 1 unspecified atom stereocenters. The van der Waals surface area contributed by atoms with Crippen molar-refractivity contribution >= 4 is 45.1 Å². The number of allylic oxidation sites excluding steroid dienone is 4. The molecular formula is C15H21Cl3PV. The van der Waals surface area contributed by atoms with Gasteiger partial charge in [0.15, 0.2) is 0 Å². The van der Waals surface area contributed by atoms with E-state index in [2.05, 4.69) is 73.2 Å². The normalized spacial score (nSPS) is 14.3. The summed E-state index contributed by atoms with van der Waals surface area (Å²) >= 11 is 2.76. The van der Waals surface area contributed by atoms with E-state index in [0.29, 0.717) is 5.92 Å². The van der Waals surface area contributed by atoms with Crippen LogP contribution >= 0.6 is 45.1 Å². The molecule has 2 rings (SSSR count). The molecule has 0 heterocycles. The van der Waals surface area contributed by atoms with Crippen LogP contribution in [0.15, 0.2) is 52.3 Å². The van der Waals surface area contributed by atoms with Crippen LogP contribution in [0.3, 0.4) is 0 Å². The Morgan fingerprint density at radius 1 is 1.10 bits per heavy atom. The molecule has 0 bridgehead atoms. The Morgan fingerprint density at radius 2 is 1.70 bits per heavy atom. The molecule has 1 aliphatic rings. The smallest absolute Gasteiger partial charge is 0.147 e. The summed E-state index contributed by atoms with van der Waals surface area (Å²) in [4.78, 5) is 0. The largest absolute Gasteiger partial charge is 0.147 e. The van der Waals surface area contributed by atoms with Gasteiger partial charge in [0.25, 0.3) is 0 Å². The molecule has 1 atom stereocenters. The summed E-state index contributed by atoms with van der Waals surface area (Å²) in [5, 5.41) is 0. The van der Waals surface area contributed by atoms with Crippen molar-refractivity contribution in [2.24, 2.45) is 0 Å². The zero-order valence-corrected chi connectivity index (χ0v) is 16.4. The number of hydrogen-bond acceptors (Lipinski definition) is 0. The molecule has 0 aromatic heterocycles. The summed E-state index contributed by atoms with van der Waals surface area (Å²) in [6.07, 6.45) is 7.01. The van der Waals surface area contributed by atoms with Gasteiger partial charge in [-0.15, -0.1) is 37.2 Å². The molecule has 1 aliphatic carbocycles. The van der Waals surface area contributed by atoms with Gasteiger partial charge < -0.3 is 0 Å². The minimum absolute atomic E-state index is 0. The van der Waals surface area contributed by atoms with Crippen molar-refractivity contribution < 1.29 is 17.4 Å². The fourth-order valence-electron chi connectivity index (χ4n) is 2.26. The standard InChI is InChI=1S/C15H18P.3ClH.V/c1-16(2)12-15(14-10-6-7-11-14)13-8-4-3-5-9-13;;;;/h3-6,8-10,15H,7,12H2,1-2H3;3*1H;. The van der Waals surface area contributed by atoms with Gasteiger partial charge in [-0.2, -0.15) is 0 Å². The predicted molar refractivity (Wildman–Crippen MR) is 95.3 cm³/mol. The monoisotopic (exact) mass is 388 g/mol. The van der Waals surface area contributed by atoms with E-state index in [1.54, 1.807) is 0 Å². The molecule has 0 radical (unpaired) electrons. The Morgan fingerprint density at radius 3 is 2.15 bits per heavy atom. The molecule has 20 heavy (non-hydrogen) atoms. The van der Waals surface area contributed by atoms with Crippen molar-refractivity contribution in [3.05, 3.63) is 57.9 Å². The summed E-state index contributed by atoms with van der Waals surface area (Å²) in [5.41, 5.74) is 3.00. The molecule has 1 aromatic carbocycles. The van der Waals surface area contributed by atoms with Gasteiger partial charge in [0.1, 0.15) is 0 Å². The minimum Gasteiger partial charge on any atom is -0.147 e. The average molecular weight is 390 g/mol. The van der Waals surface area contributed by atoms with Crippen LogP contribution in [0.2, 0.25) is 0 Å². The van der Waals surface area contributed by atoms with Gasteiger partial charge >= 0.3 is 115 Å². The molecular weight excluding hydrogens is 368 g/mol. The third-order valence-corrected chi connectivity index (χ3v) is 4.85. The third kappa shape index (κ3) is 6.14. The van der Waals surface area contributed by atoms with Crippen LogP contribution in [0.25, 0.3) is 0 Å². The maximum Gasteiger partial charge on any atom is -0.147 e. The summed E-state index contributed by atoms with van der Waals surface area (Å²) in [6, 6.07) is 10.9. The molecule has 5 heteroatoms. The quantitative estimate of drug-likeness (QED) is 0.593. The molecule has 0 saturated heterocycles. The van der Waals surface area contributed by atoms with Crippen LogP contribution in [0.4, 0.5) is 0 Å².